The van der Waals surface area contributed by atoms with Gasteiger partial charge >= 0.3 is 5.97 Å². The van der Waals surface area contributed by atoms with Crippen molar-refractivity contribution in [3.8, 4) is 0 Å². The maximum Gasteiger partial charge on any atom is 0.326 e. The molecule has 1 aliphatic heterocycles. The van der Waals surface area contributed by atoms with Gasteiger partial charge < -0.3 is 5.11 Å². The van der Waals surface area contributed by atoms with Gasteiger partial charge in [0.05, 0.1) is 9.83 Å². The predicted molar refractivity (Wildman–Crippen MR) is 89.8 cm³/mol. The molecule has 1 atom stereocenters. The number of nitrogens with zero attached hydrogens (tertiary/aromatic N) is 2. The molecule has 9 heteroatoms. The van der Waals surface area contributed by atoms with Gasteiger partial charge in [-0.15, -0.1) is 0 Å². The molecular formula is C14H12N2O5S2. The van der Waals surface area contributed by atoms with Crippen LogP contribution in [0.15, 0.2) is 29.2 Å². The van der Waals surface area contributed by atoms with E-state index in [1.54, 1.807) is 6.92 Å². The van der Waals surface area contributed by atoms with E-state index < -0.39 is 22.8 Å². The lowest BCUT2D eigenvalue weighted by Crippen LogP contribution is -2.43. The molecule has 1 heterocycles. The lowest BCUT2D eigenvalue weighted by molar-refractivity contribution is -0.384. The van der Waals surface area contributed by atoms with Gasteiger partial charge in [0.25, 0.3) is 11.6 Å². The van der Waals surface area contributed by atoms with Crippen LogP contribution >= 0.6 is 24.0 Å². The largest absolute Gasteiger partial charge is 0.480 e. The lowest BCUT2D eigenvalue weighted by atomic mass is 10.1. The molecule has 0 bridgehead atoms. The number of non-ortho nitro benzene ring substituents is 1. The highest BCUT2D eigenvalue weighted by Gasteiger charge is 2.39. The van der Waals surface area contributed by atoms with Gasteiger partial charge in [-0.05, 0) is 30.2 Å². The maximum absolute atomic E-state index is 12.4. The monoisotopic (exact) mass is 352 g/mol. The Morgan fingerprint density at radius 1 is 1.48 bits per heavy atom. The molecule has 0 aliphatic carbocycles. The number of nitro benzene ring substituents is 1. The molecule has 120 valence electrons. The molecular weight excluding hydrogens is 340 g/mol. The molecule has 1 aromatic carbocycles. The summed E-state index contributed by atoms with van der Waals surface area (Å²) in [7, 11) is 0. The van der Waals surface area contributed by atoms with Crippen molar-refractivity contribution in [2.75, 3.05) is 0 Å². The van der Waals surface area contributed by atoms with Gasteiger partial charge in [0, 0.05) is 12.1 Å². The van der Waals surface area contributed by atoms with Gasteiger partial charge in [0.1, 0.15) is 10.4 Å². The van der Waals surface area contributed by atoms with Gasteiger partial charge in [-0.3, -0.25) is 19.8 Å². The second-order valence-electron chi connectivity index (χ2n) is 4.66. The fourth-order valence-electron chi connectivity index (χ4n) is 2.06. The fourth-order valence-corrected chi connectivity index (χ4v) is 3.42. The van der Waals surface area contributed by atoms with Crippen molar-refractivity contribution >= 4 is 51.9 Å². The Morgan fingerprint density at radius 3 is 2.57 bits per heavy atom. The van der Waals surface area contributed by atoms with Crippen LogP contribution in [-0.2, 0) is 9.59 Å². The zero-order chi connectivity index (χ0) is 17.1. The van der Waals surface area contributed by atoms with Crippen LogP contribution in [0.3, 0.4) is 0 Å². The topological polar surface area (TPSA) is 101 Å². The number of benzene rings is 1. The lowest BCUT2D eigenvalue weighted by Gasteiger charge is -2.21. The average Bonchev–Trinajstić information content (AvgIpc) is 2.76. The molecule has 0 radical (unpaired) electrons. The Bertz CT molecular complexity index is 714. The summed E-state index contributed by atoms with van der Waals surface area (Å²) in [6, 6.07) is 4.70. The maximum atomic E-state index is 12.4. The first-order valence-corrected chi connectivity index (χ1v) is 7.82. The van der Waals surface area contributed by atoms with Crippen LogP contribution in [0.5, 0.6) is 0 Å². The number of amides is 1. The van der Waals surface area contributed by atoms with Crippen LogP contribution in [-0.4, -0.2) is 37.2 Å². The van der Waals surface area contributed by atoms with Gasteiger partial charge in [0.15, 0.2) is 0 Å². The summed E-state index contributed by atoms with van der Waals surface area (Å²) in [6.45, 7) is 1.66. The zero-order valence-corrected chi connectivity index (χ0v) is 13.6. The first-order valence-electron chi connectivity index (χ1n) is 6.59. The van der Waals surface area contributed by atoms with Crippen LogP contribution < -0.4 is 0 Å². The number of carboxylic acids is 1. The van der Waals surface area contributed by atoms with E-state index in [9.17, 15) is 24.8 Å². The fraction of sp³-hybridized carbons (Fsp3) is 0.214. The van der Waals surface area contributed by atoms with E-state index in [1.807, 2.05) is 0 Å². The molecule has 1 amide bonds. The Balaban J connectivity index is 2.27. The van der Waals surface area contributed by atoms with Crippen molar-refractivity contribution in [1.29, 1.82) is 0 Å². The van der Waals surface area contributed by atoms with Crippen molar-refractivity contribution in [3.05, 3.63) is 44.8 Å². The summed E-state index contributed by atoms with van der Waals surface area (Å²) in [4.78, 5) is 35.1. The highest BCUT2D eigenvalue weighted by molar-refractivity contribution is 8.26. The van der Waals surface area contributed by atoms with E-state index in [4.69, 9.17) is 12.2 Å². The minimum atomic E-state index is -1.11. The number of aliphatic carboxylic acids is 1. The molecule has 0 saturated carbocycles. The van der Waals surface area contributed by atoms with Crippen LogP contribution in [0.1, 0.15) is 18.9 Å². The third-order valence-electron chi connectivity index (χ3n) is 3.21. The quantitative estimate of drug-likeness (QED) is 0.376. The summed E-state index contributed by atoms with van der Waals surface area (Å²) < 4.78 is 0.192. The Kier molecular flexibility index (Phi) is 5.12. The molecule has 1 aliphatic rings. The third kappa shape index (κ3) is 3.57. The summed E-state index contributed by atoms with van der Waals surface area (Å²) in [6.07, 6.45) is 1.78. The number of carboxylic acid groups (broad SMARTS) is 1. The summed E-state index contributed by atoms with van der Waals surface area (Å²) in [5.74, 6) is -1.58. The van der Waals surface area contributed by atoms with Gasteiger partial charge in [-0.2, -0.15) is 0 Å². The van der Waals surface area contributed by atoms with E-state index in [0.29, 0.717) is 10.5 Å². The molecule has 1 N–H and O–H groups in total. The molecule has 1 fully saturated rings. The number of hydrogen-bond donors (Lipinski definition) is 1. The second kappa shape index (κ2) is 6.88. The normalized spacial score (nSPS) is 17.6. The SMILES string of the molecule is CCC(C(=O)O)N1C(=O)/C(=C/c2ccc([N+](=O)[O-])cc2)SC1=S. The first kappa shape index (κ1) is 17.1. The molecule has 7 nitrogen and oxygen atoms in total. The van der Waals surface area contributed by atoms with Crippen molar-refractivity contribution in [2.24, 2.45) is 0 Å². The standard InChI is InChI=1S/C14H12N2O5S2/c1-2-10(13(18)19)15-12(17)11(23-14(15)22)7-8-3-5-9(6-4-8)16(20)21/h3-7,10H,2H2,1H3,(H,18,19)/b11-7-. The van der Waals surface area contributed by atoms with Gasteiger partial charge in [-0.25, -0.2) is 4.79 Å². The smallest absolute Gasteiger partial charge is 0.326 e. The molecule has 2 rings (SSSR count). The predicted octanol–water partition coefficient (Wildman–Crippen LogP) is 2.66. The molecule has 1 aromatic rings. The summed E-state index contributed by atoms with van der Waals surface area (Å²) >= 11 is 6.12. The van der Waals surface area contributed by atoms with Crippen molar-refractivity contribution in [2.45, 2.75) is 19.4 Å². The molecule has 23 heavy (non-hydrogen) atoms. The number of hydrogen-bond acceptors (Lipinski definition) is 6. The number of thiocarbonyl (C=S) groups is 1. The van der Waals surface area contributed by atoms with E-state index in [-0.39, 0.29) is 16.4 Å². The van der Waals surface area contributed by atoms with Gasteiger partial charge in [-0.1, -0.05) is 30.9 Å². The first-order chi connectivity index (χ1) is 10.8. The second-order valence-corrected chi connectivity index (χ2v) is 6.34. The molecule has 1 saturated heterocycles. The van der Waals surface area contributed by atoms with Crippen LogP contribution in [0.25, 0.3) is 6.08 Å². The van der Waals surface area contributed by atoms with E-state index >= 15 is 0 Å². The Morgan fingerprint density at radius 2 is 2.09 bits per heavy atom. The minimum Gasteiger partial charge on any atom is -0.480 e. The van der Waals surface area contributed by atoms with E-state index in [1.165, 1.54) is 30.3 Å². The number of rotatable bonds is 5. The highest BCUT2D eigenvalue weighted by Crippen LogP contribution is 2.34. The molecule has 1 unspecified atom stereocenters. The van der Waals surface area contributed by atoms with Crippen LogP contribution in [0, 0.1) is 10.1 Å². The van der Waals surface area contributed by atoms with Crippen LogP contribution in [0.2, 0.25) is 0 Å². The average molecular weight is 352 g/mol. The number of nitro groups is 1. The summed E-state index contributed by atoms with van der Waals surface area (Å²) in [5.41, 5.74) is 0.547. The summed E-state index contributed by atoms with van der Waals surface area (Å²) in [5, 5.41) is 19.8. The number of carbonyl (C=O) groups excluding carboxylic acids is 1. The van der Waals surface area contributed by atoms with E-state index in [0.717, 1.165) is 16.7 Å². The number of carbonyl (C=O) groups is 2. The van der Waals surface area contributed by atoms with Crippen molar-refractivity contribution in [3.63, 3.8) is 0 Å². The highest BCUT2D eigenvalue weighted by atomic mass is 32.2. The number of thioether (sulfide) groups is 1. The molecule has 0 aromatic heterocycles. The van der Waals surface area contributed by atoms with Gasteiger partial charge in [0.2, 0.25) is 0 Å². The Labute approximate surface area is 141 Å². The minimum absolute atomic E-state index is 0.0494. The van der Waals surface area contributed by atoms with Crippen molar-refractivity contribution in [1.82, 2.24) is 4.90 Å². The van der Waals surface area contributed by atoms with Crippen molar-refractivity contribution < 1.29 is 19.6 Å². The molecule has 0 spiro atoms. The van der Waals surface area contributed by atoms with E-state index in [2.05, 4.69) is 0 Å². The third-order valence-corrected chi connectivity index (χ3v) is 4.54. The zero-order valence-electron chi connectivity index (χ0n) is 12.0. The Hall–Kier alpha value is -2.26. The van der Waals surface area contributed by atoms with Crippen LogP contribution in [0.4, 0.5) is 5.69 Å².